The van der Waals surface area contributed by atoms with Gasteiger partial charge < -0.3 is 24.7 Å². The van der Waals surface area contributed by atoms with Gasteiger partial charge in [-0.05, 0) is 6.92 Å². The number of nitrogens with zero attached hydrogens (tertiary/aromatic N) is 1. The van der Waals surface area contributed by atoms with Crippen LogP contribution in [-0.2, 0) is 0 Å². The highest BCUT2D eigenvalue weighted by atomic mass is 16.7. The lowest BCUT2D eigenvalue weighted by Crippen LogP contribution is -2.31. The van der Waals surface area contributed by atoms with E-state index >= 15 is 0 Å². The topological polar surface area (TPSA) is 106 Å². The van der Waals surface area contributed by atoms with Crippen LogP contribution in [0.2, 0.25) is 0 Å². The molecular weight excluding hydrogens is 316 g/mol. The number of nitro groups is 1. The molecular formula is C16H20N2O6. The lowest BCUT2D eigenvalue weighted by molar-refractivity contribution is -0.400. The van der Waals surface area contributed by atoms with E-state index in [1.165, 1.54) is 6.08 Å². The first-order valence-corrected chi connectivity index (χ1v) is 7.58. The van der Waals surface area contributed by atoms with E-state index in [4.69, 9.17) is 24.7 Å². The molecule has 130 valence electrons. The molecule has 0 saturated heterocycles. The highest BCUT2D eigenvalue weighted by Gasteiger charge is 2.45. The molecule has 0 saturated carbocycles. The molecule has 1 aromatic carbocycles. The lowest BCUT2D eigenvalue weighted by atomic mass is 10.0. The van der Waals surface area contributed by atoms with Gasteiger partial charge in [-0.25, -0.2) is 0 Å². The first-order valence-electron chi connectivity index (χ1n) is 7.58. The Balaban J connectivity index is 2.30. The molecule has 8 heteroatoms. The van der Waals surface area contributed by atoms with Crippen molar-refractivity contribution < 1.29 is 23.9 Å². The van der Waals surface area contributed by atoms with E-state index in [1.807, 2.05) is 0 Å². The van der Waals surface area contributed by atoms with Crippen molar-refractivity contribution in [3.63, 3.8) is 0 Å². The monoisotopic (exact) mass is 336 g/mol. The number of hydrogen-bond donors (Lipinski definition) is 1. The van der Waals surface area contributed by atoms with E-state index in [2.05, 4.69) is 0 Å². The quantitative estimate of drug-likeness (QED) is 0.668. The standard InChI is InChI=1S/C16H20N2O6/c1-8(17)10-13-11(21-15(2,3)23-13)9(6-7-18(19)20)12-14(10)24-16(4,5)22-12/h6-8H,17H2,1-5H3/b7-6+. The zero-order chi connectivity index (χ0) is 17.9. The van der Waals surface area contributed by atoms with Crippen molar-refractivity contribution in [2.24, 2.45) is 5.73 Å². The maximum Gasteiger partial charge on any atom is 0.246 e. The molecule has 1 atom stereocenters. The lowest BCUT2D eigenvalue weighted by Gasteiger charge is -2.19. The number of hydrogen-bond acceptors (Lipinski definition) is 7. The normalized spacial score (nSPS) is 20.4. The minimum atomic E-state index is -0.923. The van der Waals surface area contributed by atoms with E-state index in [9.17, 15) is 10.1 Å². The summed E-state index contributed by atoms with van der Waals surface area (Å²) in [4.78, 5) is 10.2. The van der Waals surface area contributed by atoms with Gasteiger partial charge in [-0.3, -0.25) is 10.1 Å². The molecule has 3 rings (SSSR count). The molecule has 2 heterocycles. The second-order valence-corrected chi connectivity index (χ2v) is 6.74. The molecule has 2 aliphatic heterocycles. The fraction of sp³-hybridized carbons (Fsp3) is 0.500. The van der Waals surface area contributed by atoms with Gasteiger partial charge in [-0.1, -0.05) is 0 Å². The summed E-state index contributed by atoms with van der Waals surface area (Å²) in [5.74, 6) is -0.256. The Morgan fingerprint density at radius 1 is 1.00 bits per heavy atom. The van der Waals surface area contributed by atoms with Gasteiger partial charge in [0.15, 0.2) is 23.0 Å². The van der Waals surface area contributed by atoms with Crippen LogP contribution in [0.3, 0.4) is 0 Å². The summed E-state index contributed by atoms with van der Waals surface area (Å²) in [5.41, 5.74) is 7.13. The van der Waals surface area contributed by atoms with Crippen LogP contribution in [0.4, 0.5) is 0 Å². The summed E-state index contributed by atoms with van der Waals surface area (Å²) >= 11 is 0. The predicted molar refractivity (Wildman–Crippen MR) is 85.7 cm³/mol. The van der Waals surface area contributed by atoms with E-state index in [-0.39, 0.29) is 0 Å². The van der Waals surface area contributed by atoms with Crippen LogP contribution in [0.1, 0.15) is 51.8 Å². The third kappa shape index (κ3) is 2.62. The minimum Gasteiger partial charge on any atom is -0.449 e. The van der Waals surface area contributed by atoms with Crippen LogP contribution in [0.25, 0.3) is 6.08 Å². The molecule has 0 aliphatic carbocycles. The van der Waals surface area contributed by atoms with Crippen LogP contribution >= 0.6 is 0 Å². The molecule has 24 heavy (non-hydrogen) atoms. The molecule has 1 unspecified atom stereocenters. The predicted octanol–water partition coefficient (Wildman–Crippen LogP) is 2.97. The average Bonchev–Trinajstić information content (AvgIpc) is 2.87. The van der Waals surface area contributed by atoms with Crippen molar-refractivity contribution in [1.29, 1.82) is 0 Å². The van der Waals surface area contributed by atoms with Gasteiger partial charge in [0.2, 0.25) is 17.8 Å². The first kappa shape index (κ1) is 16.4. The van der Waals surface area contributed by atoms with Crippen molar-refractivity contribution in [2.75, 3.05) is 0 Å². The molecule has 8 nitrogen and oxygen atoms in total. The second kappa shape index (κ2) is 5.01. The van der Waals surface area contributed by atoms with Crippen molar-refractivity contribution >= 4 is 6.08 Å². The van der Waals surface area contributed by atoms with Crippen LogP contribution < -0.4 is 24.7 Å². The zero-order valence-electron chi connectivity index (χ0n) is 14.2. The van der Waals surface area contributed by atoms with Gasteiger partial charge in [0.05, 0.1) is 16.1 Å². The van der Waals surface area contributed by atoms with Crippen LogP contribution in [0, 0.1) is 10.1 Å². The minimum absolute atomic E-state index is 0.366. The highest BCUT2D eigenvalue weighted by molar-refractivity contribution is 5.77. The molecule has 0 radical (unpaired) electrons. The Bertz CT molecular complexity index is 706. The Labute approximate surface area is 139 Å². The summed E-state index contributed by atoms with van der Waals surface area (Å²) in [5, 5.41) is 10.8. The second-order valence-electron chi connectivity index (χ2n) is 6.74. The highest BCUT2D eigenvalue weighted by Crippen LogP contribution is 2.58. The maximum atomic E-state index is 10.8. The Kier molecular flexibility index (Phi) is 3.42. The average molecular weight is 336 g/mol. The van der Waals surface area contributed by atoms with Gasteiger partial charge >= 0.3 is 0 Å². The smallest absolute Gasteiger partial charge is 0.246 e. The molecule has 0 amide bonds. The molecule has 0 fully saturated rings. The molecule has 1 aromatic rings. The van der Waals surface area contributed by atoms with Gasteiger partial charge in [-0.15, -0.1) is 0 Å². The maximum absolute atomic E-state index is 10.8. The van der Waals surface area contributed by atoms with Gasteiger partial charge in [0.1, 0.15) is 0 Å². The van der Waals surface area contributed by atoms with E-state index < -0.39 is 22.5 Å². The number of rotatable bonds is 3. The van der Waals surface area contributed by atoms with E-state index in [1.54, 1.807) is 34.6 Å². The largest absolute Gasteiger partial charge is 0.449 e. The molecule has 0 bridgehead atoms. The summed E-state index contributed by atoms with van der Waals surface area (Å²) in [7, 11) is 0. The number of ether oxygens (including phenoxy) is 4. The van der Waals surface area contributed by atoms with Crippen LogP contribution in [-0.4, -0.2) is 16.5 Å². The fourth-order valence-corrected chi connectivity index (χ4v) is 2.83. The summed E-state index contributed by atoms with van der Waals surface area (Å²) < 4.78 is 23.5. The molecule has 0 aromatic heterocycles. The SMILES string of the molecule is CC(N)c1c2c(c(/C=C/[N+](=O)[O-])c3c1OC(C)(C)O3)OC(C)(C)O2. The van der Waals surface area contributed by atoms with E-state index in [0.717, 1.165) is 6.20 Å². The summed E-state index contributed by atoms with van der Waals surface area (Å²) in [6.07, 6.45) is 2.14. The molecule has 2 N–H and O–H groups in total. The van der Waals surface area contributed by atoms with Crippen molar-refractivity contribution in [2.45, 2.75) is 52.2 Å². The summed E-state index contributed by atoms with van der Waals surface area (Å²) in [6, 6.07) is -0.406. The van der Waals surface area contributed by atoms with Crippen LogP contribution in [0.15, 0.2) is 6.20 Å². The molecule has 0 spiro atoms. The van der Waals surface area contributed by atoms with Crippen LogP contribution in [0.5, 0.6) is 23.0 Å². The van der Waals surface area contributed by atoms with Gasteiger partial charge in [0, 0.05) is 39.8 Å². The number of benzene rings is 1. The van der Waals surface area contributed by atoms with Crippen molar-refractivity contribution in [3.8, 4) is 23.0 Å². The first-order chi connectivity index (χ1) is 11.0. The van der Waals surface area contributed by atoms with Crippen molar-refractivity contribution in [3.05, 3.63) is 27.4 Å². The Morgan fingerprint density at radius 3 is 1.79 bits per heavy atom. The van der Waals surface area contributed by atoms with E-state index in [0.29, 0.717) is 34.1 Å². The zero-order valence-corrected chi connectivity index (χ0v) is 14.2. The molecule has 2 aliphatic rings. The number of nitrogens with two attached hydrogens (primary N) is 1. The summed E-state index contributed by atoms with van der Waals surface area (Å²) in [6.45, 7) is 8.78. The van der Waals surface area contributed by atoms with Crippen molar-refractivity contribution in [1.82, 2.24) is 0 Å². The third-order valence-corrected chi connectivity index (χ3v) is 3.60. The third-order valence-electron chi connectivity index (χ3n) is 3.60. The Hall–Kier alpha value is -2.48. The van der Waals surface area contributed by atoms with Gasteiger partial charge in [0.25, 0.3) is 0 Å². The fourth-order valence-electron chi connectivity index (χ4n) is 2.83. The number of fused-ring (bicyclic) bond motifs is 2. The Morgan fingerprint density at radius 2 is 1.42 bits per heavy atom. The van der Waals surface area contributed by atoms with Gasteiger partial charge in [-0.2, -0.15) is 0 Å².